The average molecular weight is 255 g/mol. The van der Waals surface area contributed by atoms with E-state index in [0.29, 0.717) is 19.5 Å². The average Bonchev–Trinajstić information content (AvgIpc) is 2.24. The molecule has 94 valence electrons. The minimum Gasteiger partial charge on any atom is -0.497 e. The fraction of sp³-hybridized carbons (Fsp3) is 0.500. The summed E-state index contributed by atoms with van der Waals surface area (Å²) in [6.45, 7) is 1.20. The molecule has 17 heavy (non-hydrogen) atoms. The maximum Gasteiger partial charge on any atom is 0.155 e. The number of hydrogen-bond acceptors (Lipinski definition) is 4. The lowest BCUT2D eigenvalue weighted by molar-refractivity contribution is 0.414. The van der Waals surface area contributed by atoms with E-state index < -0.39 is 9.84 Å². The van der Waals surface area contributed by atoms with Crippen molar-refractivity contribution in [3.05, 3.63) is 29.8 Å². The number of rotatable bonds is 5. The molecule has 2 rings (SSSR count). The molecule has 0 spiro atoms. The lowest BCUT2D eigenvalue weighted by Crippen LogP contribution is -2.52. The van der Waals surface area contributed by atoms with Crippen LogP contribution in [0.15, 0.2) is 24.3 Å². The minimum atomic E-state index is -2.94. The van der Waals surface area contributed by atoms with Crippen molar-refractivity contribution in [3.63, 3.8) is 0 Å². The Morgan fingerprint density at radius 1 is 1.41 bits per heavy atom. The van der Waals surface area contributed by atoms with E-state index in [9.17, 15) is 8.42 Å². The molecule has 4 nitrogen and oxygen atoms in total. The Hall–Kier alpha value is -1.07. The van der Waals surface area contributed by atoms with Crippen LogP contribution in [0.25, 0.3) is 0 Å². The van der Waals surface area contributed by atoms with Gasteiger partial charge >= 0.3 is 0 Å². The van der Waals surface area contributed by atoms with Gasteiger partial charge in [0.2, 0.25) is 0 Å². The highest BCUT2D eigenvalue weighted by Crippen LogP contribution is 2.15. The second-order valence-electron chi connectivity index (χ2n) is 4.25. The van der Waals surface area contributed by atoms with E-state index in [1.54, 1.807) is 7.11 Å². The van der Waals surface area contributed by atoms with Gasteiger partial charge in [-0.25, -0.2) is 8.42 Å². The molecule has 1 heterocycles. The van der Waals surface area contributed by atoms with Crippen LogP contribution >= 0.6 is 0 Å². The molecular formula is C12H17NO3S. The number of ether oxygens (including phenoxy) is 1. The highest BCUT2D eigenvalue weighted by Gasteiger charge is 2.30. The normalized spacial score (nSPS) is 16.5. The molecule has 0 atom stereocenters. The van der Waals surface area contributed by atoms with Gasteiger partial charge in [-0.1, -0.05) is 12.1 Å². The molecule has 1 saturated heterocycles. The lowest BCUT2D eigenvalue weighted by Gasteiger charge is -2.26. The minimum absolute atomic E-state index is 0.187. The van der Waals surface area contributed by atoms with Crippen LogP contribution in [-0.2, 0) is 16.3 Å². The first-order chi connectivity index (χ1) is 8.12. The molecule has 0 saturated carbocycles. The van der Waals surface area contributed by atoms with Crippen LogP contribution in [0.5, 0.6) is 5.75 Å². The highest BCUT2D eigenvalue weighted by molar-refractivity contribution is 7.92. The van der Waals surface area contributed by atoms with Crippen LogP contribution < -0.4 is 10.1 Å². The fourth-order valence-corrected chi connectivity index (χ4v) is 3.37. The first kappa shape index (κ1) is 12.4. The Morgan fingerprint density at radius 3 is 2.76 bits per heavy atom. The van der Waals surface area contributed by atoms with Crippen molar-refractivity contribution in [3.8, 4) is 5.75 Å². The number of hydrogen-bond donors (Lipinski definition) is 1. The summed E-state index contributed by atoms with van der Waals surface area (Å²) in [6.07, 6.45) is 0.552. The van der Waals surface area contributed by atoms with Gasteiger partial charge in [0.25, 0.3) is 0 Å². The first-order valence-corrected chi connectivity index (χ1v) is 7.38. The van der Waals surface area contributed by atoms with Gasteiger partial charge in [0, 0.05) is 13.1 Å². The Labute approximate surface area is 102 Å². The van der Waals surface area contributed by atoms with Crippen LogP contribution in [0.2, 0.25) is 0 Å². The van der Waals surface area contributed by atoms with Crippen LogP contribution in [-0.4, -0.2) is 39.6 Å². The van der Waals surface area contributed by atoms with E-state index in [4.69, 9.17) is 4.74 Å². The summed E-state index contributed by atoms with van der Waals surface area (Å²) in [5, 5.41) is 2.80. The molecule has 0 aliphatic carbocycles. The molecule has 0 radical (unpaired) electrons. The molecular weight excluding hydrogens is 238 g/mol. The second-order valence-corrected chi connectivity index (χ2v) is 6.65. The van der Waals surface area contributed by atoms with Gasteiger partial charge < -0.3 is 10.1 Å². The van der Waals surface area contributed by atoms with Crippen molar-refractivity contribution in [2.45, 2.75) is 11.7 Å². The standard InChI is InChI=1S/C12H17NO3S/c1-16-11-4-2-3-10(7-11)5-6-17(14,15)12-8-13-9-12/h2-4,7,12-13H,5-6,8-9H2,1H3. The predicted molar refractivity (Wildman–Crippen MR) is 67.1 cm³/mol. The number of nitrogens with one attached hydrogen (secondary N) is 1. The maximum absolute atomic E-state index is 11.9. The van der Waals surface area contributed by atoms with Crippen LogP contribution in [0.3, 0.4) is 0 Å². The van der Waals surface area contributed by atoms with Crippen LogP contribution in [0.4, 0.5) is 0 Å². The third-order valence-electron chi connectivity index (χ3n) is 3.06. The third-order valence-corrected chi connectivity index (χ3v) is 5.18. The Morgan fingerprint density at radius 2 is 2.18 bits per heavy atom. The molecule has 1 fully saturated rings. The summed E-state index contributed by atoms with van der Waals surface area (Å²) in [6, 6.07) is 7.55. The van der Waals surface area contributed by atoms with E-state index >= 15 is 0 Å². The number of benzene rings is 1. The molecule has 1 aromatic rings. The van der Waals surface area contributed by atoms with Crippen molar-refractivity contribution in [2.75, 3.05) is 26.0 Å². The van der Waals surface area contributed by atoms with E-state index in [0.717, 1.165) is 11.3 Å². The van der Waals surface area contributed by atoms with Gasteiger partial charge in [0.1, 0.15) is 5.75 Å². The molecule has 5 heteroatoms. The summed E-state index contributed by atoms with van der Waals surface area (Å²) < 4.78 is 28.8. The van der Waals surface area contributed by atoms with Crippen LogP contribution in [0, 0.1) is 0 Å². The van der Waals surface area contributed by atoms with Gasteiger partial charge in [0.05, 0.1) is 18.1 Å². The van der Waals surface area contributed by atoms with Crippen molar-refractivity contribution in [1.29, 1.82) is 0 Å². The summed E-state index contributed by atoms with van der Waals surface area (Å²) in [4.78, 5) is 0. The molecule has 1 aliphatic heterocycles. The second kappa shape index (κ2) is 5.06. The zero-order valence-corrected chi connectivity index (χ0v) is 10.7. The Bertz CT molecular complexity index is 480. The molecule has 0 aromatic heterocycles. The fourth-order valence-electron chi connectivity index (χ4n) is 1.77. The number of aryl methyl sites for hydroxylation is 1. The molecule has 0 amide bonds. The topological polar surface area (TPSA) is 55.4 Å². The maximum atomic E-state index is 11.9. The van der Waals surface area contributed by atoms with Gasteiger partial charge in [-0.15, -0.1) is 0 Å². The first-order valence-electron chi connectivity index (χ1n) is 5.67. The summed E-state index contributed by atoms with van der Waals surface area (Å²) in [5.41, 5.74) is 1.00. The molecule has 1 aromatic carbocycles. The molecule has 0 bridgehead atoms. The van der Waals surface area contributed by atoms with Crippen molar-refractivity contribution < 1.29 is 13.2 Å². The van der Waals surface area contributed by atoms with Crippen molar-refractivity contribution in [1.82, 2.24) is 5.32 Å². The number of methoxy groups -OCH3 is 1. The highest BCUT2D eigenvalue weighted by atomic mass is 32.2. The van der Waals surface area contributed by atoms with Gasteiger partial charge in [-0.3, -0.25) is 0 Å². The van der Waals surface area contributed by atoms with Gasteiger partial charge in [-0.2, -0.15) is 0 Å². The van der Waals surface area contributed by atoms with E-state index in [1.165, 1.54) is 0 Å². The van der Waals surface area contributed by atoms with Gasteiger partial charge in [-0.05, 0) is 24.1 Å². The summed E-state index contributed by atoms with van der Waals surface area (Å²) >= 11 is 0. The van der Waals surface area contributed by atoms with Crippen molar-refractivity contribution in [2.24, 2.45) is 0 Å². The molecule has 1 N–H and O–H groups in total. The summed E-state index contributed by atoms with van der Waals surface area (Å²) in [5.74, 6) is 0.984. The van der Waals surface area contributed by atoms with E-state index in [1.807, 2.05) is 24.3 Å². The molecule has 1 aliphatic rings. The number of sulfone groups is 1. The Balaban J connectivity index is 1.97. The van der Waals surface area contributed by atoms with E-state index in [2.05, 4.69) is 5.32 Å². The van der Waals surface area contributed by atoms with Crippen molar-refractivity contribution >= 4 is 9.84 Å². The van der Waals surface area contributed by atoms with Gasteiger partial charge in [0.15, 0.2) is 9.84 Å². The quantitative estimate of drug-likeness (QED) is 0.838. The smallest absolute Gasteiger partial charge is 0.155 e. The third kappa shape index (κ3) is 2.98. The zero-order chi connectivity index (χ0) is 12.3. The Kier molecular flexibility index (Phi) is 3.69. The van der Waals surface area contributed by atoms with Crippen LogP contribution in [0.1, 0.15) is 5.56 Å². The monoisotopic (exact) mass is 255 g/mol. The molecule has 0 unspecified atom stereocenters. The zero-order valence-electron chi connectivity index (χ0n) is 9.85. The van der Waals surface area contributed by atoms with E-state index in [-0.39, 0.29) is 11.0 Å². The largest absolute Gasteiger partial charge is 0.497 e. The predicted octanol–water partition coefficient (Wildman–Crippen LogP) is 0.624. The summed E-state index contributed by atoms with van der Waals surface area (Å²) in [7, 11) is -1.34. The SMILES string of the molecule is COc1cccc(CCS(=O)(=O)C2CNC2)c1. The lowest BCUT2D eigenvalue weighted by atomic mass is 10.2.